The summed E-state index contributed by atoms with van der Waals surface area (Å²) in [4.78, 5) is 15.1. The molecule has 2 aromatic heterocycles. The quantitative estimate of drug-likeness (QED) is 0.919. The van der Waals surface area contributed by atoms with Crippen LogP contribution >= 0.6 is 11.3 Å². The Hall–Kier alpha value is -1.63. The number of carbonyl (C=O) groups excluding carboxylic acids is 1. The molecule has 112 valence electrons. The summed E-state index contributed by atoms with van der Waals surface area (Å²) in [5, 5.41) is 4.90. The summed E-state index contributed by atoms with van der Waals surface area (Å²) in [6.45, 7) is 4.98. The van der Waals surface area contributed by atoms with E-state index in [2.05, 4.69) is 10.2 Å². The van der Waals surface area contributed by atoms with Crippen molar-refractivity contribution in [2.24, 2.45) is 0 Å². The molecule has 2 aromatic rings. The van der Waals surface area contributed by atoms with Crippen LogP contribution in [-0.2, 0) is 4.74 Å². The molecule has 21 heavy (non-hydrogen) atoms. The maximum absolute atomic E-state index is 12.1. The molecule has 0 aromatic carbocycles. The highest BCUT2D eigenvalue weighted by Gasteiger charge is 2.13. The van der Waals surface area contributed by atoms with Crippen molar-refractivity contribution in [1.29, 1.82) is 0 Å². The molecule has 0 radical (unpaired) electrons. The molecule has 0 saturated carbocycles. The van der Waals surface area contributed by atoms with Gasteiger partial charge < -0.3 is 14.5 Å². The molecule has 1 fully saturated rings. The molecular weight excluding hydrogens is 288 g/mol. The van der Waals surface area contributed by atoms with Crippen molar-refractivity contribution < 1.29 is 13.9 Å². The van der Waals surface area contributed by atoms with Crippen LogP contribution in [0.15, 0.2) is 34.3 Å². The van der Waals surface area contributed by atoms with Crippen LogP contribution in [0.1, 0.15) is 9.67 Å². The average Bonchev–Trinajstić information content (AvgIpc) is 3.19. The molecule has 1 amide bonds. The van der Waals surface area contributed by atoms with Crippen LogP contribution < -0.4 is 5.32 Å². The molecule has 1 N–H and O–H groups in total. The topological polar surface area (TPSA) is 54.7 Å². The Balaban J connectivity index is 1.49. The Morgan fingerprint density at radius 2 is 2.24 bits per heavy atom. The molecule has 1 aliphatic heterocycles. The highest BCUT2D eigenvalue weighted by atomic mass is 32.1. The van der Waals surface area contributed by atoms with Gasteiger partial charge in [0.15, 0.2) is 0 Å². The summed E-state index contributed by atoms with van der Waals surface area (Å²) in [6, 6.07) is 5.60. The van der Waals surface area contributed by atoms with E-state index in [4.69, 9.17) is 9.15 Å². The van der Waals surface area contributed by atoms with Gasteiger partial charge in [0.25, 0.3) is 5.91 Å². The second-order valence-corrected chi connectivity index (χ2v) is 5.80. The van der Waals surface area contributed by atoms with E-state index >= 15 is 0 Å². The lowest BCUT2D eigenvalue weighted by molar-refractivity contribution is 0.0383. The first kappa shape index (κ1) is 14.3. The number of morpholine rings is 1. The highest BCUT2D eigenvalue weighted by Crippen LogP contribution is 2.25. The first-order chi connectivity index (χ1) is 10.3. The summed E-state index contributed by atoms with van der Waals surface area (Å²) < 4.78 is 10.6. The van der Waals surface area contributed by atoms with Crippen LogP contribution in [0.3, 0.4) is 0 Å². The van der Waals surface area contributed by atoms with Gasteiger partial charge in [0.1, 0.15) is 5.76 Å². The maximum Gasteiger partial charge on any atom is 0.261 e. The average molecular weight is 306 g/mol. The minimum absolute atomic E-state index is 0.0222. The number of nitrogens with zero attached hydrogens (tertiary/aromatic N) is 1. The Labute approximate surface area is 127 Å². The lowest BCUT2D eigenvalue weighted by atomic mass is 10.2. The largest absolute Gasteiger partial charge is 0.464 e. The van der Waals surface area contributed by atoms with Crippen molar-refractivity contribution >= 4 is 17.2 Å². The van der Waals surface area contributed by atoms with Crippen molar-refractivity contribution in [3.05, 3.63) is 34.7 Å². The molecule has 0 aliphatic carbocycles. The molecule has 1 aliphatic rings. The monoisotopic (exact) mass is 306 g/mol. The molecule has 1 saturated heterocycles. The Kier molecular flexibility index (Phi) is 4.69. The van der Waals surface area contributed by atoms with E-state index < -0.39 is 0 Å². The lowest BCUT2D eigenvalue weighted by Crippen LogP contribution is -2.41. The van der Waals surface area contributed by atoms with Gasteiger partial charge in [0, 0.05) is 37.1 Å². The van der Waals surface area contributed by atoms with E-state index in [-0.39, 0.29) is 5.91 Å². The van der Waals surface area contributed by atoms with Crippen LogP contribution in [0.2, 0.25) is 0 Å². The molecular formula is C15H18N2O3S. The van der Waals surface area contributed by atoms with E-state index in [0.717, 1.165) is 44.2 Å². The van der Waals surface area contributed by atoms with Crippen molar-refractivity contribution in [1.82, 2.24) is 10.2 Å². The standard InChI is InChI=1S/C15H18N2O3S/c18-15(16-3-4-17-5-8-19-9-6-17)14-10-12(11-21-14)13-2-1-7-20-13/h1-2,7,10-11H,3-6,8-9H2,(H,16,18). The van der Waals surface area contributed by atoms with Crippen LogP contribution in [0.4, 0.5) is 0 Å². The van der Waals surface area contributed by atoms with Crippen molar-refractivity contribution in [3.8, 4) is 11.3 Å². The summed E-state index contributed by atoms with van der Waals surface area (Å²) in [6.07, 6.45) is 1.63. The van der Waals surface area contributed by atoms with Crippen molar-refractivity contribution in [3.63, 3.8) is 0 Å². The van der Waals surface area contributed by atoms with Gasteiger partial charge in [0.05, 0.1) is 24.4 Å². The Morgan fingerprint density at radius 3 is 3.00 bits per heavy atom. The first-order valence-corrected chi connectivity index (χ1v) is 7.91. The number of hydrogen-bond acceptors (Lipinski definition) is 5. The van der Waals surface area contributed by atoms with Gasteiger partial charge in [-0.2, -0.15) is 0 Å². The van der Waals surface area contributed by atoms with Gasteiger partial charge in [-0.05, 0) is 18.2 Å². The van der Waals surface area contributed by atoms with Gasteiger partial charge in [-0.1, -0.05) is 0 Å². The fraction of sp³-hybridized carbons (Fsp3) is 0.400. The third-order valence-electron chi connectivity index (χ3n) is 3.45. The Bertz CT molecular complexity index is 574. The number of ether oxygens (including phenoxy) is 1. The SMILES string of the molecule is O=C(NCCN1CCOCC1)c1cc(-c2ccco2)cs1. The zero-order valence-electron chi connectivity index (χ0n) is 11.7. The smallest absolute Gasteiger partial charge is 0.261 e. The van der Waals surface area contributed by atoms with Crippen LogP contribution in [-0.4, -0.2) is 50.2 Å². The van der Waals surface area contributed by atoms with Gasteiger partial charge in [0.2, 0.25) is 0 Å². The van der Waals surface area contributed by atoms with E-state index in [1.165, 1.54) is 11.3 Å². The van der Waals surface area contributed by atoms with Gasteiger partial charge in [-0.3, -0.25) is 9.69 Å². The summed E-state index contributed by atoms with van der Waals surface area (Å²) in [5.74, 6) is 0.768. The minimum atomic E-state index is -0.0222. The summed E-state index contributed by atoms with van der Waals surface area (Å²) >= 11 is 1.44. The Morgan fingerprint density at radius 1 is 1.38 bits per heavy atom. The molecule has 6 heteroatoms. The highest BCUT2D eigenvalue weighted by molar-refractivity contribution is 7.12. The number of nitrogens with one attached hydrogen (secondary N) is 1. The maximum atomic E-state index is 12.1. The molecule has 3 heterocycles. The molecule has 0 spiro atoms. The van der Waals surface area contributed by atoms with E-state index in [1.807, 2.05) is 23.6 Å². The third-order valence-corrected chi connectivity index (χ3v) is 4.38. The number of furan rings is 1. The van der Waals surface area contributed by atoms with E-state index in [1.54, 1.807) is 6.26 Å². The molecule has 3 rings (SSSR count). The number of rotatable bonds is 5. The lowest BCUT2D eigenvalue weighted by Gasteiger charge is -2.26. The molecule has 0 atom stereocenters. The first-order valence-electron chi connectivity index (χ1n) is 7.03. The van der Waals surface area contributed by atoms with Crippen LogP contribution in [0.5, 0.6) is 0 Å². The second-order valence-electron chi connectivity index (χ2n) is 4.89. The van der Waals surface area contributed by atoms with Crippen LogP contribution in [0.25, 0.3) is 11.3 Å². The fourth-order valence-corrected chi connectivity index (χ4v) is 3.08. The summed E-state index contributed by atoms with van der Waals surface area (Å²) in [5.41, 5.74) is 0.948. The third kappa shape index (κ3) is 3.72. The van der Waals surface area contributed by atoms with Crippen molar-refractivity contribution in [2.75, 3.05) is 39.4 Å². The summed E-state index contributed by atoms with van der Waals surface area (Å²) in [7, 11) is 0. The fourth-order valence-electron chi connectivity index (χ4n) is 2.27. The van der Waals surface area contributed by atoms with Gasteiger partial charge >= 0.3 is 0 Å². The number of hydrogen-bond donors (Lipinski definition) is 1. The number of amides is 1. The van der Waals surface area contributed by atoms with Gasteiger partial charge in [-0.25, -0.2) is 0 Å². The van der Waals surface area contributed by atoms with E-state index in [0.29, 0.717) is 11.4 Å². The molecule has 0 bridgehead atoms. The zero-order chi connectivity index (χ0) is 14.5. The zero-order valence-corrected chi connectivity index (χ0v) is 12.5. The van der Waals surface area contributed by atoms with E-state index in [9.17, 15) is 4.79 Å². The molecule has 5 nitrogen and oxygen atoms in total. The number of carbonyl (C=O) groups is 1. The van der Waals surface area contributed by atoms with Crippen molar-refractivity contribution in [2.45, 2.75) is 0 Å². The predicted molar refractivity (Wildman–Crippen MR) is 81.6 cm³/mol. The van der Waals surface area contributed by atoms with Crippen LogP contribution in [0, 0.1) is 0 Å². The second kappa shape index (κ2) is 6.89. The normalized spacial score (nSPS) is 16.0. The van der Waals surface area contributed by atoms with Gasteiger partial charge in [-0.15, -0.1) is 11.3 Å². The minimum Gasteiger partial charge on any atom is -0.464 e. The number of thiophene rings is 1. The molecule has 0 unspecified atom stereocenters. The predicted octanol–water partition coefficient (Wildman–Crippen LogP) is 2.07.